The lowest BCUT2D eigenvalue weighted by molar-refractivity contribution is -0.143. The SMILES string of the molecule is CCC(C)C(NC(=O)C1CCCN1C(=O)C(N)Cc1ccccc1)C(=O)NC(CCCCN)C(=O)O. The molecule has 1 aromatic rings. The maximum atomic E-state index is 13.3. The summed E-state index contributed by atoms with van der Waals surface area (Å²) in [5.74, 6) is -2.64. The van der Waals surface area contributed by atoms with Crippen LogP contribution in [-0.2, 0) is 25.6 Å². The molecule has 1 saturated heterocycles. The number of rotatable bonds is 14. The van der Waals surface area contributed by atoms with E-state index in [1.54, 1.807) is 0 Å². The van der Waals surface area contributed by atoms with Crippen molar-refractivity contribution in [2.24, 2.45) is 17.4 Å². The second-order valence-corrected chi connectivity index (χ2v) is 9.54. The van der Waals surface area contributed by atoms with Crippen molar-refractivity contribution < 1.29 is 24.3 Å². The number of carbonyl (C=O) groups is 4. The Morgan fingerprint density at radius 2 is 1.83 bits per heavy atom. The number of amides is 3. The van der Waals surface area contributed by atoms with Crippen LogP contribution in [0.5, 0.6) is 0 Å². The first-order valence-corrected chi connectivity index (χ1v) is 12.8. The average molecular weight is 504 g/mol. The van der Waals surface area contributed by atoms with Crippen LogP contribution in [0.15, 0.2) is 30.3 Å². The highest BCUT2D eigenvalue weighted by Gasteiger charge is 2.38. The molecule has 0 saturated carbocycles. The molecule has 2 rings (SSSR count). The summed E-state index contributed by atoms with van der Waals surface area (Å²) >= 11 is 0. The lowest BCUT2D eigenvalue weighted by Gasteiger charge is -2.30. The number of hydrogen-bond donors (Lipinski definition) is 5. The van der Waals surface area contributed by atoms with Crippen LogP contribution in [0.4, 0.5) is 0 Å². The number of aliphatic carboxylic acids is 1. The molecule has 0 radical (unpaired) electrons. The Morgan fingerprint density at radius 1 is 1.14 bits per heavy atom. The normalized spacial score (nSPS) is 18.7. The topological polar surface area (TPSA) is 168 Å². The number of carboxylic acids is 1. The van der Waals surface area contributed by atoms with Gasteiger partial charge in [-0.3, -0.25) is 14.4 Å². The third-order valence-electron chi connectivity index (χ3n) is 6.81. The fraction of sp³-hybridized carbons (Fsp3) is 0.615. The molecule has 1 aromatic carbocycles. The van der Waals surface area contributed by atoms with E-state index < -0.39 is 42.0 Å². The zero-order valence-electron chi connectivity index (χ0n) is 21.3. The van der Waals surface area contributed by atoms with E-state index in [9.17, 15) is 24.3 Å². The summed E-state index contributed by atoms with van der Waals surface area (Å²) in [6, 6.07) is 5.96. The third kappa shape index (κ3) is 8.30. The van der Waals surface area contributed by atoms with Crippen molar-refractivity contribution in [1.82, 2.24) is 15.5 Å². The zero-order chi connectivity index (χ0) is 26.7. The molecule has 10 nitrogen and oxygen atoms in total. The van der Waals surface area contributed by atoms with Gasteiger partial charge < -0.3 is 32.1 Å². The monoisotopic (exact) mass is 503 g/mol. The van der Waals surface area contributed by atoms with E-state index in [2.05, 4.69) is 10.6 Å². The van der Waals surface area contributed by atoms with Gasteiger partial charge in [0.1, 0.15) is 18.1 Å². The number of nitrogens with zero attached hydrogens (tertiary/aromatic N) is 1. The van der Waals surface area contributed by atoms with Crippen molar-refractivity contribution in [3.63, 3.8) is 0 Å². The van der Waals surface area contributed by atoms with Gasteiger partial charge in [0, 0.05) is 6.54 Å². The minimum absolute atomic E-state index is 0.238. The summed E-state index contributed by atoms with van der Waals surface area (Å²) in [7, 11) is 0. The molecule has 0 bridgehead atoms. The lowest BCUT2D eigenvalue weighted by Crippen LogP contribution is -2.58. The van der Waals surface area contributed by atoms with E-state index in [1.807, 2.05) is 44.2 Å². The number of hydrogen-bond acceptors (Lipinski definition) is 6. The molecule has 5 unspecified atom stereocenters. The fourth-order valence-corrected chi connectivity index (χ4v) is 4.43. The second-order valence-electron chi connectivity index (χ2n) is 9.54. The Hall–Kier alpha value is -2.98. The van der Waals surface area contributed by atoms with Crippen molar-refractivity contribution in [2.75, 3.05) is 13.1 Å². The van der Waals surface area contributed by atoms with Crippen LogP contribution in [-0.4, -0.2) is 71.0 Å². The molecule has 10 heteroatoms. The molecule has 1 aliphatic heterocycles. The molecule has 1 heterocycles. The Balaban J connectivity index is 2.07. The molecule has 36 heavy (non-hydrogen) atoms. The van der Waals surface area contributed by atoms with Gasteiger partial charge in [0.25, 0.3) is 0 Å². The molecule has 1 fully saturated rings. The van der Waals surface area contributed by atoms with E-state index in [-0.39, 0.29) is 18.2 Å². The Labute approximate surface area is 213 Å². The minimum atomic E-state index is -1.13. The number of unbranched alkanes of at least 4 members (excludes halogenated alkanes) is 1. The maximum Gasteiger partial charge on any atom is 0.326 e. The molecule has 5 atom stereocenters. The highest BCUT2D eigenvalue weighted by molar-refractivity contribution is 5.94. The molecule has 0 aromatic heterocycles. The number of benzene rings is 1. The third-order valence-corrected chi connectivity index (χ3v) is 6.81. The van der Waals surface area contributed by atoms with Crippen LogP contribution >= 0.6 is 0 Å². The zero-order valence-corrected chi connectivity index (χ0v) is 21.3. The predicted molar refractivity (Wildman–Crippen MR) is 137 cm³/mol. The molecule has 0 aliphatic carbocycles. The maximum absolute atomic E-state index is 13.3. The van der Waals surface area contributed by atoms with E-state index in [4.69, 9.17) is 11.5 Å². The van der Waals surface area contributed by atoms with Crippen LogP contribution in [0.25, 0.3) is 0 Å². The summed E-state index contributed by atoms with van der Waals surface area (Å²) in [5.41, 5.74) is 12.6. The first kappa shape index (κ1) is 29.3. The summed E-state index contributed by atoms with van der Waals surface area (Å²) in [5, 5.41) is 14.9. The number of nitrogens with one attached hydrogen (secondary N) is 2. The highest BCUT2D eigenvalue weighted by Crippen LogP contribution is 2.20. The number of nitrogens with two attached hydrogens (primary N) is 2. The highest BCUT2D eigenvalue weighted by atomic mass is 16.4. The molecule has 7 N–H and O–H groups in total. The van der Waals surface area contributed by atoms with Crippen molar-refractivity contribution in [2.45, 2.75) is 83.0 Å². The Kier molecular flexibility index (Phi) is 11.8. The summed E-state index contributed by atoms with van der Waals surface area (Å²) < 4.78 is 0. The van der Waals surface area contributed by atoms with Gasteiger partial charge in [-0.05, 0) is 56.6 Å². The Bertz CT molecular complexity index is 881. The van der Waals surface area contributed by atoms with Crippen molar-refractivity contribution in [3.8, 4) is 0 Å². The quantitative estimate of drug-likeness (QED) is 0.234. The van der Waals surface area contributed by atoms with E-state index in [0.717, 1.165) is 5.56 Å². The first-order valence-electron chi connectivity index (χ1n) is 12.8. The largest absolute Gasteiger partial charge is 0.480 e. The van der Waals surface area contributed by atoms with Crippen LogP contribution in [0.3, 0.4) is 0 Å². The van der Waals surface area contributed by atoms with Gasteiger partial charge in [0.05, 0.1) is 6.04 Å². The number of likely N-dealkylation sites (tertiary alicyclic amines) is 1. The van der Waals surface area contributed by atoms with Crippen molar-refractivity contribution in [1.29, 1.82) is 0 Å². The van der Waals surface area contributed by atoms with Crippen LogP contribution in [0.1, 0.15) is 57.9 Å². The summed E-state index contributed by atoms with van der Waals surface area (Å²) in [6.07, 6.45) is 3.57. The molecule has 1 aliphatic rings. The number of carboxylic acid groups (broad SMARTS) is 1. The molecular weight excluding hydrogens is 462 g/mol. The molecule has 0 spiro atoms. The van der Waals surface area contributed by atoms with Gasteiger partial charge in [0.2, 0.25) is 17.7 Å². The smallest absolute Gasteiger partial charge is 0.326 e. The molecular formula is C26H41N5O5. The summed E-state index contributed by atoms with van der Waals surface area (Å²) in [4.78, 5) is 52.5. The standard InChI is InChI=1S/C26H41N5O5/c1-3-17(2)22(24(33)29-20(26(35)36)12-7-8-14-27)30-23(32)21-13-9-15-31(21)25(34)19(28)16-18-10-5-4-6-11-18/h4-6,10-11,17,19-22H,3,7-9,12-16,27-28H2,1-2H3,(H,29,33)(H,30,32)(H,35,36). The van der Waals surface area contributed by atoms with Crippen molar-refractivity contribution in [3.05, 3.63) is 35.9 Å². The minimum Gasteiger partial charge on any atom is -0.480 e. The van der Waals surface area contributed by atoms with E-state index in [0.29, 0.717) is 51.6 Å². The van der Waals surface area contributed by atoms with Gasteiger partial charge in [-0.2, -0.15) is 0 Å². The van der Waals surface area contributed by atoms with Gasteiger partial charge in [-0.15, -0.1) is 0 Å². The van der Waals surface area contributed by atoms with Crippen molar-refractivity contribution >= 4 is 23.7 Å². The van der Waals surface area contributed by atoms with Gasteiger partial charge in [-0.25, -0.2) is 4.79 Å². The summed E-state index contributed by atoms with van der Waals surface area (Å²) in [6.45, 7) is 4.57. The Morgan fingerprint density at radius 3 is 2.44 bits per heavy atom. The van der Waals surface area contributed by atoms with Crippen LogP contribution in [0.2, 0.25) is 0 Å². The molecule has 200 valence electrons. The van der Waals surface area contributed by atoms with E-state index >= 15 is 0 Å². The average Bonchev–Trinajstić information content (AvgIpc) is 3.36. The van der Waals surface area contributed by atoms with Gasteiger partial charge >= 0.3 is 5.97 Å². The predicted octanol–water partition coefficient (Wildman–Crippen LogP) is 0.777. The van der Waals surface area contributed by atoms with Gasteiger partial charge in [0.15, 0.2) is 0 Å². The molecule has 3 amide bonds. The lowest BCUT2D eigenvalue weighted by atomic mass is 9.97. The fourth-order valence-electron chi connectivity index (χ4n) is 4.43. The first-order chi connectivity index (χ1) is 17.2. The van der Waals surface area contributed by atoms with E-state index in [1.165, 1.54) is 4.90 Å². The number of carbonyl (C=O) groups excluding carboxylic acids is 3. The van der Waals surface area contributed by atoms with Gasteiger partial charge in [-0.1, -0.05) is 50.6 Å². The second kappa shape index (κ2) is 14.5. The van der Waals surface area contributed by atoms with Crippen LogP contribution in [0, 0.1) is 5.92 Å². The van der Waals surface area contributed by atoms with Crippen LogP contribution < -0.4 is 22.1 Å².